The molecule has 0 aromatic heterocycles. The van der Waals surface area contributed by atoms with Crippen LogP contribution in [-0.4, -0.2) is 32.9 Å². The van der Waals surface area contributed by atoms with E-state index in [0.29, 0.717) is 17.2 Å². The zero-order valence-electron chi connectivity index (χ0n) is 15.9. The van der Waals surface area contributed by atoms with Crippen LogP contribution >= 0.6 is 0 Å². The van der Waals surface area contributed by atoms with Gasteiger partial charge in [-0.3, -0.25) is 13.9 Å². The Morgan fingerprint density at radius 1 is 1.07 bits per heavy atom. The van der Waals surface area contributed by atoms with Crippen molar-refractivity contribution in [1.82, 2.24) is 0 Å². The molecular weight excluding hydrogens is 364 g/mol. The highest BCUT2D eigenvalue weighted by Crippen LogP contribution is 2.20. The van der Waals surface area contributed by atoms with Crippen molar-refractivity contribution in [2.45, 2.75) is 26.7 Å². The van der Waals surface area contributed by atoms with E-state index in [4.69, 9.17) is 0 Å². The molecule has 1 amide bonds. The Morgan fingerprint density at radius 3 is 2.22 bits per heavy atom. The monoisotopic (exact) mass is 388 g/mol. The first-order chi connectivity index (χ1) is 12.6. The SMILES string of the molecule is CC(=O)c1cccc(N(CC(=O)Nc2ccc(C(C)C)cc2)S(C)(=O)=O)c1. The second-order valence-electron chi connectivity index (χ2n) is 6.70. The Hall–Kier alpha value is -2.67. The van der Waals surface area contributed by atoms with E-state index in [-0.39, 0.29) is 18.0 Å². The topological polar surface area (TPSA) is 83.6 Å². The van der Waals surface area contributed by atoms with E-state index in [1.807, 2.05) is 12.1 Å². The van der Waals surface area contributed by atoms with Crippen molar-refractivity contribution in [2.24, 2.45) is 0 Å². The summed E-state index contributed by atoms with van der Waals surface area (Å²) in [6.07, 6.45) is 1.03. The summed E-state index contributed by atoms with van der Waals surface area (Å²) in [5, 5.41) is 2.71. The minimum absolute atomic E-state index is 0.181. The number of sulfonamides is 1. The quantitative estimate of drug-likeness (QED) is 0.737. The van der Waals surface area contributed by atoms with Crippen LogP contribution in [0, 0.1) is 0 Å². The van der Waals surface area contributed by atoms with Crippen molar-refractivity contribution in [3.63, 3.8) is 0 Å². The summed E-state index contributed by atoms with van der Waals surface area (Å²) >= 11 is 0. The molecule has 0 aliphatic heterocycles. The third-order valence-corrected chi connectivity index (χ3v) is 5.23. The number of hydrogen-bond donors (Lipinski definition) is 1. The molecule has 0 aliphatic carbocycles. The second-order valence-corrected chi connectivity index (χ2v) is 8.61. The Morgan fingerprint density at radius 2 is 1.70 bits per heavy atom. The molecule has 2 aromatic rings. The van der Waals surface area contributed by atoms with Crippen molar-refractivity contribution in [1.29, 1.82) is 0 Å². The van der Waals surface area contributed by atoms with Gasteiger partial charge in [0.05, 0.1) is 11.9 Å². The van der Waals surface area contributed by atoms with Crippen molar-refractivity contribution in [2.75, 3.05) is 22.4 Å². The number of nitrogens with zero attached hydrogens (tertiary/aromatic N) is 1. The number of carbonyl (C=O) groups excluding carboxylic acids is 2. The number of nitrogens with one attached hydrogen (secondary N) is 1. The lowest BCUT2D eigenvalue weighted by molar-refractivity contribution is -0.114. The number of amides is 1. The molecule has 6 nitrogen and oxygen atoms in total. The summed E-state index contributed by atoms with van der Waals surface area (Å²) in [5.41, 5.74) is 2.39. The van der Waals surface area contributed by atoms with E-state index >= 15 is 0 Å². The van der Waals surface area contributed by atoms with Gasteiger partial charge >= 0.3 is 0 Å². The Balaban J connectivity index is 2.20. The van der Waals surface area contributed by atoms with Crippen LogP contribution in [0.3, 0.4) is 0 Å². The molecule has 0 heterocycles. The van der Waals surface area contributed by atoms with Crippen LogP contribution in [0.1, 0.15) is 42.6 Å². The largest absolute Gasteiger partial charge is 0.325 e. The molecule has 2 aromatic carbocycles. The fraction of sp³-hybridized carbons (Fsp3) is 0.300. The van der Waals surface area contributed by atoms with Gasteiger partial charge in [0.2, 0.25) is 15.9 Å². The highest BCUT2D eigenvalue weighted by atomic mass is 32.2. The van der Waals surface area contributed by atoms with Crippen LogP contribution < -0.4 is 9.62 Å². The number of ketones is 1. The van der Waals surface area contributed by atoms with Gasteiger partial charge in [0.25, 0.3) is 0 Å². The zero-order valence-corrected chi connectivity index (χ0v) is 16.7. The van der Waals surface area contributed by atoms with E-state index < -0.39 is 15.9 Å². The third kappa shape index (κ3) is 5.65. The first kappa shape index (κ1) is 20.6. The molecule has 144 valence electrons. The number of rotatable bonds is 7. The van der Waals surface area contributed by atoms with Crippen molar-refractivity contribution in [3.8, 4) is 0 Å². The van der Waals surface area contributed by atoms with Gasteiger partial charge in [0.1, 0.15) is 6.54 Å². The molecule has 0 atom stereocenters. The van der Waals surface area contributed by atoms with Crippen LogP contribution in [0.4, 0.5) is 11.4 Å². The normalized spacial score (nSPS) is 11.3. The summed E-state index contributed by atoms with van der Waals surface area (Å²) in [6.45, 7) is 5.17. The van der Waals surface area contributed by atoms with Crippen LogP contribution in [0.25, 0.3) is 0 Å². The Kier molecular flexibility index (Phi) is 6.38. The van der Waals surface area contributed by atoms with E-state index in [2.05, 4.69) is 19.2 Å². The first-order valence-corrected chi connectivity index (χ1v) is 10.4. The van der Waals surface area contributed by atoms with Crippen molar-refractivity contribution >= 4 is 33.1 Å². The second kappa shape index (κ2) is 8.35. The molecule has 0 saturated heterocycles. The smallest absolute Gasteiger partial charge is 0.245 e. The van der Waals surface area contributed by atoms with Gasteiger partial charge < -0.3 is 5.32 Å². The lowest BCUT2D eigenvalue weighted by Crippen LogP contribution is -2.37. The maximum atomic E-state index is 12.4. The highest BCUT2D eigenvalue weighted by molar-refractivity contribution is 7.92. The standard InChI is InChI=1S/C20H24N2O4S/c1-14(2)16-8-10-18(11-9-16)21-20(24)13-22(27(4,25)26)19-7-5-6-17(12-19)15(3)23/h5-12,14H,13H2,1-4H3,(H,21,24). The summed E-state index contributed by atoms with van der Waals surface area (Å²) in [4.78, 5) is 24.0. The van der Waals surface area contributed by atoms with Gasteiger partial charge in [-0.05, 0) is 42.7 Å². The molecule has 0 radical (unpaired) electrons. The van der Waals surface area contributed by atoms with E-state index in [1.54, 1.807) is 30.3 Å². The molecule has 0 spiro atoms. The van der Waals surface area contributed by atoms with Crippen molar-refractivity contribution < 1.29 is 18.0 Å². The maximum Gasteiger partial charge on any atom is 0.245 e. The molecular formula is C20H24N2O4S. The molecule has 7 heteroatoms. The molecule has 0 fully saturated rings. The molecule has 0 unspecified atom stereocenters. The lowest BCUT2D eigenvalue weighted by Gasteiger charge is -2.22. The molecule has 1 N–H and O–H groups in total. The summed E-state index contributed by atoms with van der Waals surface area (Å²) in [5.74, 6) is -0.269. The minimum Gasteiger partial charge on any atom is -0.325 e. The van der Waals surface area contributed by atoms with Gasteiger partial charge in [-0.1, -0.05) is 38.1 Å². The van der Waals surface area contributed by atoms with Crippen molar-refractivity contribution in [3.05, 3.63) is 59.7 Å². The lowest BCUT2D eigenvalue weighted by atomic mass is 10.0. The Labute approximate surface area is 160 Å². The summed E-state index contributed by atoms with van der Waals surface area (Å²) in [6, 6.07) is 13.6. The first-order valence-electron chi connectivity index (χ1n) is 8.56. The fourth-order valence-electron chi connectivity index (χ4n) is 2.56. The maximum absolute atomic E-state index is 12.4. The van der Waals surface area contributed by atoms with Gasteiger partial charge in [-0.15, -0.1) is 0 Å². The number of carbonyl (C=O) groups is 2. The molecule has 27 heavy (non-hydrogen) atoms. The number of benzene rings is 2. The van der Waals surface area contributed by atoms with Crippen LogP contribution in [0.2, 0.25) is 0 Å². The average molecular weight is 388 g/mol. The summed E-state index contributed by atoms with van der Waals surface area (Å²) in [7, 11) is -3.70. The molecule has 2 rings (SSSR count). The Bertz CT molecular complexity index is 935. The molecule has 0 saturated carbocycles. The fourth-order valence-corrected chi connectivity index (χ4v) is 3.41. The highest BCUT2D eigenvalue weighted by Gasteiger charge is 2.21. The van der Waals surface area contributed by atoms with Gasteiger partial charge in [-0.2, -0.15) is 0 Å². The zero-order chi connectivity index (χ0) is 20.2. The van der Waals surface area contributed by atoms with E-state index in [0.717, 1.165) is 16.1 Å². The van der Waals surface area contributed by atoms with Gasteiger partial charge in [0, 0.05) is 11.3 Å². The predicted molar refractivity (Wildman–Crippen MR) is 108 cm³/mol. The van der Waals surface area contributed by atoms with Crippen LogP contribution in [0.5, 0.6) is 0 Å². The van der Waals surface area contributed by atoms with Crippen LogP contribution in [0.15, 0.2) is 48.5 Å². The van der Waals surface area contributed by atoms with Gasteiger partial charge in [0.15, 0.2) is 5.78 Å². The number of hydrogen-bond acceptors (Lipinski definition) is 4. The summed E-state index contributed by atoms with van der Waals surface area (Å²) < 4.78 is 25.3. The molecule has 0 bridgehead atoms. The average Bonchev–Trinajstić information content (AvgIpc) is 2.59. The predicted octanol–water partition coefficient (Wildman–Crippen LogP) is 3.42. The van der Waals surface area contributed by atoms with Crippen LogP contribution in [-0.2, 0) is 14.8 Å². The number of Topliss-reactive ketones (excluding diaryl/α,β-unsaturated/α-hetero) is 1. The number of anilines is 2. The minimum atomic E-state index is -3.70. The van der Waals surface area contributed by atoms with Gasteiger partial charge in [-0.25, -0.2) is 8.42 Å². The van der Waals surface area contributed by atoms with E-state index in [1.165, 1.54) is 13.0 Å². The molecule has 0 aliphatic rings. The third-order valence-electron chi connectivity index (χ3n) is 4.09. The van der Waals surface area contributed by atoms with E-state index in [9.17, 15) is 18.0 Å².